The molecule has 5 heteroatoms. The Morgan fingerprint density at radius 2 is 1.20 bits per heavy atom. The third kappa shape index (κ3) is 8.47. The maximum atomic E-state index is 11.9. The van der Waals surface area contributed by atoms with E-state index in [1.807, 2.05) is 0 Å². The van der Waals surface area contributed by atoms with Crippen LogP contribution in [0.3, 0.4) is 0 Å². The number of carbonyl (C=O) groups excluding carboxylic acids is 3. The highest BCUT2D eigenvalue weighted by Gasteiger charge is 2.12. The molecule has 0 unspecified atom stereocenters. The number of hydrogen-bond acceptors (Lipinski definition) is 5. The van der Waals surface area contributed by atoms with Gasteiger partial charge in [-0.3, -0.25) is 14.4 Å². The van der Waals surface area contributed by atoms with Gasteiger partial charge < -0.3 is 9.47 Å². The molecule has 0 aliphatic carbocycles. The second-order valence-corrected chi connectivity index (χ2v) is 6.11. The highest BCUT2D eigenvalue weighted by atomic mass is 16.5. The zero-order chi connectivity index (χ0) is 18.7. The molecule has 25 heavy (non-hydrogen) atoms. The Kier molecular flexibility index (Phi) is 9.51. The number of ether oxygens (including phenoxy) is 2. The van der Waals surface area contributed by atoms with Crippen LogP contribution >= 0.6 is 0 Å². The number of esters is 2. The van der Waals surface area contributed by atoms with Crippen molar-refractivity contribution in [3.63, 3.8) is 0 Å². The van der Waals surface area contributed by atoms with Crippen molar-refractivity contribution < 1.29 is 23.9 Å². The molecule has 0 aromatic heterocycles. The van der Waals surface area contributed by atoms with E-state index >= 15 is 0 Å². The summed E-state index contributed by atoms with van der Waals surface area (Å²) in [6, 6.07) is 4.46. The molecule has 5 nitrogen and oxygen atoms in total. The van der Waals surface area contributed by atoms with Crippen LogP contribution in [0.5, 0.6) is 11.5 Å². The van der Waals surface area contributed by atoms with Crippen LogP contribution in [-0.4, -0.2) is 17.7 Å². The van der Waals surface area contributed by atoms with Gasteiger partial charge >= 0.3 is 11.9 Å². The van der Waals surface area contributed by atoms with Crippen LogP contribution in [0.4, 0.5) is 0 Å². The van der Waals surface area contributed by atoms with E-state index in [0.717, 1.165) is 38.5 Å². The third-order valence-corrected chi connectivity index (χ3v) is 3.72. The number of unbranched alkanes of at least 4 members (excludes halogenated alkanes) is 4. The summed E-state index contributed by atoms with van der Waals surface area (Å²) in [4.78, 5) is 35.4. The van der Waals surface area contributed by atoms with Crippen molar-refractivity contribution in [1.29, 1.82) is 0 Å². The molecule has 0 N–H and O–H groups in total. The summed E-state index contributed by atoms with van der Waals surface area (Å²) in [7, 11) is 0. The molecule has 0 amide bonds. The topological polar surface area (TPSA) is 69.7 Å². The van der Waals surface area contributed by atoms with Crippen LogP contribution in [0.2, 0.25) is 0 Å². The van der Waals surface area contributed by atoms with Gasteiger partial charge in [0.1, 0.15) is 11.5 Å². The van der Waals surface area contributed by atoms with Gasteiger partial charge in [-0.15, -0.1) is 0 Å². The van der Waals surface area contributed by atoms with Crippen molar-refractivity contribution in [2.75, 3.05) is 0 Å². The lowest BCUT2D eigenvalue weighted by Gasteiger charge is -2.10. The molecule has 0 aliphatic heterocycles. The van der Waals surface area contributed by atoms with Crippen LogP contribution in [0.15, 0.2) is 18.2 Å². The van der Waals surface area contributed by atoms with Crippen molar-refractivity contribution in [1.82, 2.24) is 0 Å². The second-order valence-electron chi connectivity index (χ2n) is 6.11. The van der Waals surface area contributed by atoms with E-state index in [-0.39, 0.29) is 29.2 Å². The highest BCUT2D eigenvalue weighted by molar-refractivity contribution is 5.95. The number of benzene rings is 1. The van der Waals surface area contributed by atoms with Gasteiger partial charge in [0, 0.05) is 24.5 Å². The summed E-state index contributed by atoms with van der Waals surface area (Å²) in [6.45, 7) is 5.53. The van der Waals surface area contributed by atoms with Crippen LogP contribution in [0.25, 0.3) is 0 Å². The van der Waals surface area contributed by atoms with Crippen molar-refractivity contribution in [2.45, 2.75) is 72.1 Å². The molecule has 0 saturated heterocycles. The van der Waals surface area contributed by atoms with E-state index in [2.05, 4.69) is 13.8 Å². The first-order valence-corrected chi connectivity index (χ1v) is 9.03. The average Bonchev–Trinajstić information content (AvgIpc) is 2.55. The van der Waals surface area contributed by atoms with E-state index in [9.17, 15) is 14.4 Å². The molecule has 0 saturated carbocycles. The van der Waals surface area contributed by atoms with Crippen molar-refractivity contribution >= 4 is 17.7 Å². The summed E-state index contributed by atoms with van der Waals surface area (Å²) in [6.07, 6.45) is 6.14. The summed E-state index contributed by atoms with van der Waals surface area (Å²) >= 11 is 0. The number of hydrogen-bond donors (Lipinski definition) is 0. The Labute approximate surface area is 149 Å². The molecule has 1 aromatic rings. The molecule has 1 rings (SSSR count). The molecule has 0 aliphatic rings. The lowest BCUT2D eigenvalue weighted by Crippen LogP contribution is -2.10. The van der Waals surface area contributed by atoms with Gasteiger partial charge in [-0.1, -0.05) is 39.5 Å². The predicted octanol–water partition coefficient (Wildman–Crippen LogP) is 4.86. The third-order valence-electron chi connectivity index (χ3n) is 3.72. The minimum atomic E-state index is -0.352. The van der Waals surface area contributed by atoms with Crippen molar-refractivity contribution in [3.8, 4) is 11.5 Å². The summed E-state index contributed by atoms with van der Waals surface area (Å²) in [5, 5.41) is 0. The first kappa shape index (κ1) is 20.9. The Balaban J connectivity index is 2.77. The normalized spacial score (nSPS) is 10.4. The van der Waals surface area contributed by atoms with E-state index in [4.69, 9.17) is 9.47 Å². The zero-order valence-electron chi connectivity index (χ0n) is 15.4. The van der Waals surface area contributed by atoms with Gasteiger partial charge in [-0.2, -0.15) is 0 Å². The molecular formula is C20H28O5. The van der Waals surface area contributed by atoms with Gasteiger partial charge in [0.05, 0.1) is 0 Å². The Morgan fingerprint density at radius 1 is 0.760 bits per heavy atom. The summed E-state index contributed by atoms with van der Waals surface area (Å²) in [5.74, 6) is -0.438. The molecule has 0 heterocycles. The quantitative estimate of drug-likeness (QED) is 0.247. The number of carbonyl (C=O) groups is 3. The van der Waals surface area contributed by atoms with Gasteiger partial charge in [0.25, 0.3) is 0 Å². The Hall–Kier alpha value is -2.17. The average molecular weight is 348 g/mol. The summed E-state index contributed by atoms with van der Waals surface area (Å²) < 4.78 is 10.6. The maximum absolute atomic E-state index is 11.9. The lowest BCUT2D eigenvalue weighted by atomic mass is 10.1. The number of rotatable bonds is 11. The fourth-order valence-corrected chi connectivity index (χ4v) is 2.30. The summed E-state index contributed by atoms with van der Waals surface area (Å²) in [5.41, 5.74) is 0.343. The Bertz CT molecular complexity index is 549. The smallest absolute Gasteiger partial charge is 0.311 e. The van der Waals surface area contributed by atoms with Gasteiger partial charge in [0.15, 0.2) is 5.78 Å². The standard InChI is InChI=1S/C20H28O5/c1-4-6-8-10-19(22)24-17-12-16(15(3)21)13-18(14-17)25-20(23)11-9-7-5-2/h12-14H,4-11H2,1-3H3. The fourth-order valence-electron chi connectivity index (χ4n) is 2.30. The van der Waals surface area contributed by atoms with Gasteiger partial charge in [-0.25, -0.2) is 0 Å². The molecule has 138 valence electrons. The fraction of sp³-hybridized carbons (Fsp3) is 0.550. The zero-order valence-corrected chi connectivity index (χ0v) is 15.4. The first-order chi connectivity index (χ1) is 12.0. The van der Waals surface area contributed by atoms with E-state index in [0.29, 0.717) is 18.4 Å². The SMILES string of the molecule is CCCCCC(=O)Oc1cc(OC(=O)CCCCC)cc(C(C)=O)c1. The second kappa shape index (κ2) is 11.4. The molecular weight excluding hydrogens is 320 g/mol. The van der Waals surface area contributed by atoms with Crippen molar-refractivity contribution in [3.05, 3.63) is 23.8 Å². The van der Waals surface area contributed by atoms with Crippen molar-refractivity contribution in [2.24, 2.45) is 0 Å². The molecule has 0 atom stereocenters. The van der Waals surface area contributed by atoms with E-state index in [1.165, 1.54) is 25.1 Å². The van der Waals surface area contributed by atoms with Gasteiger partial charge in [-0.05, 0) is 31.9 Å². The number of Topliss-reactive ketones (excluding diaryl/α,β-unsaturated/α-hetero) is 1. The molecule has 0 fully saturated rings. The highest BCUT2D eigenvalue weighted by Crippen LogP contribution is 2.24. The van der Waals surface area contributed by atoms with Crippen LogP contribution in [0.1, 0.15) is 82.5 Å². The van der Waals surface area contributed by atoms with Crippen LogP contribution in [0, 0.1) is 0 Å². The first-order valence-electron chi connectivity index (χ1n) is 9.03. The molecule has 0 bridgehead atoms. The minimum absolute atomic E-state index is 0.188. The van der Waals surface area contributed by atoms with E-state index < -0.39 is 0 Å². The largest absolute Gasteiger partial charge is 0.426 e. The molecule has 1 aromatic carbocycles. The monoisotopic (exact) mass is 348 g/mol. The minimum Gasteiger partial charge on any atom is -0.426 e. The number of ketones is 1. The van der Waals surface area contributed by atoms with Gasteiger partial charge in [0.2, 0.25) is 0 Å². The van der Waals surface area contributed by atoms with Crippen LogP contribution in [-0.2, 0) is 9.59 Å². The Morgan fingerprint density at radius 3 is 1.56 bits per heavy atom. The molecule has 0 spiro atoms. The predicted molar refractivity (Wildman–Crippen MR) is 96.0 cm³/mol. The molecule has 0 radical (unpaired) electrons. The maximum Gasteiger partial charge on any atom is 0.311 e. The van der Waals surface area contributed by atoms with Crippen LogP contribution < -0.4 is 9.47 Å². The van der Waals surface area contributed by atoms with E-state index in [1.54, 1.807) is 0 Å². The lowest BCUT2D eigenvalue weighted by molar-refractivity contribution is -0.135.